The quantitative estimate of drug-likeness (QED) is 0.121. The van der Waals surface area contributed by atoms with Gasteiger partial charge in [0.1, 0.15) is 29.0 Å². The Hall–Kier alpha value is -6.56. The molecule has 346 valence electrons. The molecule has 18 heteroatoms. The van der Waals surface area contributed by atoms with E-state index in [9.17, 15) is 19.2 Å². The van der Waals surface area contributed by atoms with Crippen LogP contribution in [-0.2, 0) is 20.9 Å². The normalized spacial score (nSPS) is 18.8. The number of nitrogens with one attached hydrogen (secondary N) is 2. The molecule has 13 nitrogen and oxygen atoms in total. The summed E-state index contributed by atoms with van der Waals surface area (Å²) in [7, 11) is 3.11. The summed E-state index contributed by atoms with van der Waals surface area (Å²) in [5.41, 5.74) is 0.862. The summed E-state index contributed by atoms with van der Waals surface area (Å²) in [4.78, 5) is 62.0. The standard InChI is InChI=1S/C48H50F5N9O4/c1-57(2)48(66)40-24-35-32(21-31(45(53)46(35)55-40)28-5-3-12-61(27-28)44(64)10-16-62-13-4-11-54-62)34-23-39(52)41(26-37(34)50)59-14-8-29(9-15-59)58-17-19-60(20-18-58)42-25-36(49)33(22-38(42)51)30-6-7-43(63)56-47(30)65/h4-5,11,13,21-26,29-30,55H,3,6-10,12,14-20,27H2,1-2H3,(H,56,63,65). The van der Waals surface area contributed by atoms with Crippen LogP contribution in [0.5, 0.6) is 0 Å². The van der Waals surface area contributed by atoms with Crippen LogP contribution < -0.4 is 15.1 Å². The van der Waals surface area contributed by atoms with Crippen LogP contribution in [-0.4, -0.2) is 126 Å². The van der Waals surface area contributed by atoms with Crippen molar-refractivity contribution in [3.8, 4) is 11.1 Å². The highest BCUT2D eigenvalue weighted by atomic mass is 19.1. The fourth-order valence-corrected chi connectivity index (χ4v) is 9.86. The Morgan fingerprint density at radius 3 is 2.20 bits per heavy atom. The van der Waals surface area contributed by atoms with Gasteiger partial charge in [0.25, 0.3) is 5.91 Å². The Morgan fingerprint density at radius 1 is 0.788 bits per heavy atom. The van der Waals surface area contributed by atoms with E-state index in [0.717, 1.165) is 24.3 Å². The molecular formula is C48H50F5N9O4. The van der Waals surface area contributed by atoms with Gasteiger partial charge in [-0.2, -0.15) is 5.10 Å². The number of piperidine rings is 2. The minimum Gasteiger partial charge on any atom is -0.369 e. The fourth-order valence-electron chi connectivity index (χ4n) is 9.86. The largest absolute Gasteiger partial charge is 0.369 e. The second kappa shape index (κ2) is 18.4. The minimum atomic E-state index is -0.939. The zero-order chi connectivity index (χ0) is 46.4. The lowest BCUT2D eigenvalue weighted by Crippen LogP contribution is -2.53. The van der Waals surface area contributed by atoms with Crippen molar-refractivity contribution in [1.29, 1.82) is 0 Å². The number of nitrogens with zero attached hydrogens (tertiary/aromatic N) is 7. The van der Waals surface area contributed by atoms with E-state index in [4.69, 9.17) is 0 Å². The van der Waals surface area contributed by atoms with Crippen LogP contribution in [0.4, 0.5) is 33.3 Å². The first-order chi connectivity index (χ1) is 31.7. The number of hydrogen-bond donors (Lipinski definition) is 2. The number of piperazine rings is 1. The van der Waals surface area contributed by atoms with Gasteiger partial charge >= 0.3 is 0 Å². The molecule has 9 rings (SSSR count). The Morgan fingerprint density at radius 2 is 1.50 bits per heavy atom. The Balaban J connectivity index is 0.894. The van der Waals surface area contributed by atoms with Crippen LogP contribution in [0.25, 0.3) is 27.6 Å². The van der Waals surface area contributed by atoms with Gasteiger partial charge < -0.3 is 24.6 Å². The molecular weight excluding hydrogens is 862 g/mol. The Bertz CT molecular complexity index is 2740. The van der Waals surface area contributed by atoms with E-state index in [1.54, 1.807) is 51.9 Å². The highest BCUT2D eigenvalue weighted by molar-refractivity contribution is 6.05. The molecule has 3 fully saturated rings. The summed E-state index contributed by atoms with van der Waals surface area (Å²) in [5.74, 6) is -5.98. The lowest BCUT2D eigenvalue weighted by Gasteiger charge is -2.44. The Kier molecular flexibility index (Phi) is 12.4. The maximum atomic E-state index is 16.6. The zero-order valence-electron chi connectivity index (χ0n) is 36.7. The first kappa shape index (κ1) is 44.6. The summed E-state index contributed by atoms with van der Waals surface area (Å²) >= 11 is 0. The van der Waals surface area contributed by atoms with E-state index in [-0.39, 0.29) is 88.0 Å². The molecule has 0 spiro atoms. The summed E-state index contributed by atoms with van der Waals surface area (Å²) in [6, 6.07) is 9.29. The van der Waals surface area contributed by atoms with Crippen molar-refractivity contribution in [1.82, 2.24) is 34.8 Å². The van der Waals surface area contributed by atoms with Gasteiger partial charge in [0, 0.05) is 138 Å². The molecule has 3 saturated heterocycles. The van der Waals surface area contributed by atoms with Gasteiger partial charge in [-0.15, -0.1) is 0 Å². The molecule has 4 aliphatic rings. The average molecular weight is 912 g/mol. The Labute approximate surface area is 377 Å². The number of rotatable bonds is 10. The van der Waals surface area contributed by atoms with Crippen molar-refractivity contribution in [2.45, 2.75) is 57.0 Å². The minimum absolute atomic E-state index is 0.0393. The number of fused-ring (bicyclic) bond motifs is 1. The number of hydrogen-bond acceptors (Lipinski definition) is 8. The predicted molar refractivity (Wildman–Crippen MR) is 238 cm³/mol. The molecule has 6 heterocycles. The van der Waals surface area contributed by atoms with Crippen molar-refractivity contribution in [2.24, 2.45) is 0 Å². The van der Waals surface area contributed by atoms with E-state index in [2.05, 4.69) is 20.3 Å². The van der Waals surface area contributed by atoms with Gasteiger partial charge in [-0.25, -0.2) is 22.0 Å². The topological polar surface area (TPSA) is 130 Å². The molecule has 1 atom stereocenters. The van der Waals surface area contributed by atoms with Crippen molar-refractivity contribution in [3.63, 3.8) is 0 Å². The molecule has 4 aliphatic heterocycles. The van der Waals surface area contributed by atoms with E-state index < -0.39 is 52.7 Å². The van der Waals surface area contributed by atoms with Crippen LogP contribution in [0.1, 0.15) is 66.1 Å². The van der Waals surface area contributed by atoms with Gasteiger partial charge in [-0.3, -0.25) is 34.1 Å². The molecule has 0 radical (unpaired) electrons. The van der Waals surface area contributed by atoms with Crippen molar-refractivity contribution >= 4 is 51.5 Å². The van der Waals surface area contributed by atoms with Gasteiger partial charge in [0.05, 0.1) is 22.8 Å². The average Bonchev–Trinajstić information content (AvgIpc) is 4.02. The number of aromatic nitrogens is 3. The summed E-state index contributed by atoms with van der Waals surface area (Å²) in [5, 5.41) is 6.55. The summed E-state index contributed by atoms with van der Waals surface area (Å²) < 4.78 is 81.9. The monoisotopic (exact) mass is 911 g/mol. The third kappa shape index (κ3) is 8.77. The lowest BCUT2D eigenvalue weighted by atomic mass is 9.89. The number of halogens is 5. The molecule has 66 heavy (non-hydrogen) atoms. The highest BCUT2D eigenvalue weighted by Gasteiger charge is 2.34. The van der Waals surface area contributed by atoms with Gasteiger partial charge in [-0.05, 0) is 67.2 Å². The van der Waals surface area contributed by atoms with E-state index in [1.807, 2.05) is 6.08 Å². The van der Waals surface area contributed by atoms with E-state index in [1.165, 1.54) is 17.0 Å². The number of aryl methyl sites for hydroxylation is 1. The third-order valence-electron chi connectivity index (χ3n) is 13.4. The van der Waals surface area contributed by atoms with Gasteiger partial charge in [0.15, 0.2) is 5.82 Å². The molecule has 2 aromatic heterocycles. The van der Waals surface area contributed by atoms with Crippen molar-refractivity contribution in [2.75, 3.05) is 76.3 Å². The zero-order valence-corrected chi connectivity index (χ0v) is 36.7. The summed E-state index contributed by atoms with van der Waals surface area (Å²) in [6.07, 6.45) is 7.36. The molecule has 4 amide bonds. The predicted octanol–water partition coefficient (Wildman–Crippen LogP) is 6.45. The molecule has 1 unspecified atom stereocenters. The van der Waals surface area contributed by atoms with Crippen molar-refractivity contribution < 1.29 is 41.1 Å². The smallest absolute Gasteiger partial charge is 0.269 e. The number of anilines is 2. The third-order valence-corrected chi connectivity index (χ3v) is 13.4. The highest BCUT2D eigenvalue weighted by Crippen LogP contribution is 2.40. The maximum Gasteiger partial charge on any atom is 0.269 e. The van der Waals surface area contributed by atoms with Crippen LogP contribution in [0, 0.1) is 29.1 Å². The molecule has 0 aliphatic carbocycles. The number of benzene rings is 3. The van der Waals surface area contributed by atoms with E-state index in [0.29, 0.717) is 77.2 Å². The molecule has 2 N–H and O–H groups in total. The second-order valence-corrected chi connectivity index (χ2v) is 17.7. The van der Waals surface area contributed by atoms with Crippen LogP contribution in [0.15, 0.2) is 60.9 Å². The first-order valence-electron chi connectivity index (χ1n) is 22.3. The molecule has 5 aromatic rings. The molecule has 0 bridgehead atoms. The van der Waals surface area contributed by atoms with Crippen LogP contribution >= 0.6 is 0 Å². The SMILES string of the molecule is CN(C)C(=O)c1cc2c(-c3cc(F)c(N4CCC(N5CCN(c6cc(F)c(C7CCC(=O)NC7=O)cc6F)CC5)CC4)cc3F)cc(C3=CCCN(C(=O)CCn4cccn4)C3)c(F)c2[nH]1. The number of imide groups is 1. The first-order valence-corrected chi connectivity index (χ1v) is 22.3. The number of carbonyl (C=O) groups excluding carboxylic acids is 4. The van der Waals surface area contributed by atoms with E-state index >= 15 is 22.0 Å². The second-order valence-electron chi connectivity index (χ2n) is 17.7. The maximum absolute atomic E-state index is 16.6. The molecule has 0 saturated carbocycles. The fraction of sp³-hybridized carbons (Fsp3) is 0.396. The summed E-state index contributed by atoms with van der Waals surface area (Å²) in [6.45, 7) is 3.81. The number of carbonyl (C=O) groups is 4. The van der Waals surface area contributed by atoms with Crippen LogP contribution in [0.2, 0.25) is 0 Å². The number of aromatic amines is 1. The molecule has 3 aromatic carbocycles. The van der Waals surface area contributed by atoms with Crippen LogP contribution in [0.3, 0.4) is 0 Å². The number of amides is 4. The van der Waals surface area contributed by atoms with Gasteiger partial charge in [-0.1, -0.05) is 6.08 Å². The van der Waals surface area contributed by atoms with Gasteiger partial charge in [0.2, 0.25) is 17.7 Å². The number of H-pyrrole nitrogens is 1. The van der Waals surface area contributed by atoms with Crippen molar-refractivity contribution in [3.05, 3.63) is 107 Å². The lowest BCUT2D eigenvalue weighted by molar-refractivity contribution is -0.134.